The number of carbonyl (C=O) groups is 1. The maximum atomic E-state index is 10.6. The minimum atomic E-state index is -0.139. The minimum Gasteiger partial charge on any atom is -0.459 e. The predicted octanol–water partition coefficient (Wildman–Crippen LogP) is 1.17. The summed E-state index contributed by atoms with van der Waals surface area (Å²) < 4.78 is 4.73. The van der Waals surface area contributed by atoms with Crippen LogP contribution in [0, 0.1) is 0 Å². The highest BCUT2D eigenvalue weighted by Gasteiger charge is 2.17. The van der Waals surface area contributed by atoms with Crippen molar-refractivity contribution in [1.82, 2.24) is 0 Å². The van der Waals surface area contributed by atoms with Crippen LogP contribution in [0.2, 0.25) is 0 Å². The van der Waals surface area contributed by atoms with Gasteiger partial charge in [0.25, 0.3) is 0 Å². The van der Waals surface area contributed by atoms with E-state index in [1.54, 1.807) is 0 Å². The third kappa shape index (κ3) is 2.70. The molecule has 3 heteroatoms. The molecule has 0 amide bonds. The summed E-state index contributed by atoms with van der Waals surface area (Å²) in [5.74, 6) is -0.139. The lowest BCUT2D eigenvalue weighted by molar-refractivity contribution is -0.137. The molecule has 0 saturated carbocycles. The zero-order chi connectivity index (χ0) is 8.10. The molecule has 0 radical (unpaired) electrons. The molecule has 1 fully saturated rings. The quantitative estimate of drug-likeness (QED) is 0.453. The van der Waals surface area contributed by atoms with Crippen LogP contribution in [-0.2, 0) is 9.53 Å². The van der Waals surface area contributed by atoms with Crippen molar-refractivity contribution in [2.75, 3.05) is 13.2 Å². The van der Waals surface area contributed by atoms with Gasteiger partial charge in [-0.1, -0.05) is 13.3 Å². The third-order valence-corrected chi connectivity index (χ3v) is 1.60. The Balaban J connectivity index is 2.25. The van der Waals surface area contributed by atoms with E-state index in [-0.39, 0.29) is 5.97 Å². The maximum Gasteiger partial charge on any atom is 0.312 e. The molecular weight excluding hydrogens is 142 g/mol. The number of nitrogens with zero attached hydrogens (tertiary/aromatic N) is 1. The van der Waals surface area contributed by atoms with Gasteiger partial charge in [-0.25, -0.2) is 0 Å². The third-order valence-electron chi connectivity index (χ3n) is 1.60. The number of cyclic esters (lactones) is 1. The highest BCUT2D eigenvalue weighted by atomic mass is 16.5. The van der Waals surface area contributed by atoms with Crippen LogP contribution in [-0.4, -0.2) is 24.8 Å². The molecule has 0 bridgehead atoms. The SMILES string of the molecule is CCCCN=C1COC(=O)C1. The smallest absolute Gasteiger partial charge is 0.312 e. The van der Waals surface area contributed by atoms with Crippen molar-refractivity contribution in [2.24, 2.45) is 4.99 Å². The number of carbonyl (C=O) groups excluding carboxylic acids is 1. The van der Waals surface area contributed by atoms with Gasteiger partial charge in [-0.3, -0.25) is 9.79 Å². The Morgan fingerprint density at radius 2 is 2.45 bits per heavy atom. The molecule has 0 aromatic heterocycles. The monoisotopic (exact) mass is 155 g/mol. The van der Waals surface area contributed by atoms with Crippen LogP contribution in [0.4, 0.5) is 0 Å². The Bertz CT molecular complexity index is 175. The highest BCUT2D eigenvalue weighted by molar-refractivity contribution is 6.04. The molecule has 0 aromatic rings. The molecule has 3 nitrogen and oxygen atoms in total. The zero-order valence-electron chi connectivity index (χ0n) is 6.80. The van der Waals surface area contributed by atoms with E-state index < -0.39 is 0 Å². The van der Waals surface area contributed by atoms with Gasteiger partial charge in [0.1, 0.15) is 6.61 Å². The average Bonchev–Trinajstić information content (AvgIpc) is 2.37. The average molecular weight is 155 g/mol. The number of rotatable bonds is 3. The van der Waals surface area contributed by atoms with Crippen molar-refractivity contribution in [1.29, 1.82) is 0 Å². The van der Waals surface area contributed by atoms with Gasteiger partial charge >= 0.3 is 5.97 Å². The summed E-state index contributed by atoms with van der Waals surface area (Å²) >= 11 is 0. The molecule has 0 unspecified atom stereocenters. The van der Waals surface area contributed by atoms with E-state index in [9.17, 15) is 4.79 Å². The lowest BCUT2D eigenvalue weighted by Gasteiger charge is -1.91. The van der Waals surface area contributed by atoms with Crippen molar-refractivity contribution in [3.63, 3.8) is 0 Å². The number of hydrogen-bond donors (Lipinski definition) is 0. The Hall–Kier alpha value is -0.860. The molecule has 1 saturated heterocycles. The van der Waals surface area contributed by atoms with Gasteiger partial charge in [-0.2, -0.15) is 0 Å². The molecule has 1 rings (SSSR count). The molecule has 0 spiro atoms. The van der Waals surface area contributed by atoms with E-state index >= 15 is 0 Å². The number of unbranched alkanes of at least 4 members (excludes halogenated alkanes) is 1. The first kappa shape index (κ1) is 8.24. The lowest BCUT2D eigenvalue weighted by Crippen LogP contribution is -1.97. The molecule has 11 heavy (non-hydrogen) atoms. The van der Waals surface area contributed by atoms with Gasteiger partial charge < -0.3 is 4.74 Å². The fourth-order valence-electron chi connectivity index (χ4n) is 0.929. The van der Waals surface area contributed by atoms with Crippen LogP contribution in [0.1, 0.15) is 26.2 Å². The van der Waals surface area contributed by atoms with Crippen molar-refractivity contribution in [3.05, 3.63) is 0 Å². The second-order valence-electron chi connectivity index (χ2n) is 2.64. The second-order valence-corrected chi connectivity index (χ2v) is 2.64. The van der Waals surface area contributed by atoms with Crippen molar-refractivity contribution in [2.45, 2.75) is 26.2 Å². The van der Waals surface area contributed by atoms with E-state index in [0.717, 1.165) is 25.1 Å². The van der Waals surface area contributed by atoms with Crippen molar-refractivity contribution in [3.8, 4) is 0 Å². The molecule has 62 valence electrons. The lowest BCUT2D eigenvalue weighted by atomic mass is 10.3. The van der Waals surface area contributed by atoms with Gasteiger partial charge in [0.2, 0.25) is 0 Å². The molecular formula is C8H13NO2. The summed E-state index contributed by atoms with van der Waals surface area (Å²) in [6.45, 7) is 3.38. The first-order chi connectivity index (χ1) is 5.33. The minimum absolute atomic E-state index is 0.139. The largest absolute Gasteiger partial charge is 0.459 e. The molecule has 0 atom stereocenters. The Morgan fingerprint density at radius 1 is 1.64 bits per heavy atom. The summed E-state index contributed by atoms with van der Waals surface area (Å²) in [5, 5.41) is 0. The Labute approximate surface area is 66.5 Å². The van der Waals surface area contributed by atoms with E-state index in [1.807, 2.05) is 0 Å². The molecule has 0 aliphatic carbocycles. The fraction of sp³-hybridized carbons (Fsp3) is 0.750. The van der Waals surface area contributed by atoms with E-state index in [4.69, 9.17) is 4.74 Å². The van der Waals surface area contributed by atoms with E-state index in [0.29, 0.717) is 13.0 Å². The molecule has 1 aliphatic heterocycles. The number of aliphatic imine (C=N–C) groups is 1. The predicted molar refractivity (Wildman–Crippen MR) is 42.8 cm³/mol. The van der Waals surface area contributed by atoms with Crippen LogP contribution in [0.15, 0.2) is 4.99 Å². The van der Waals surface area contributed by atoms with Gasteiger partial charge in [0.05, 0.1) is 12.1 Å². The Morgan fingerprint density at radius 3 is 3.00 bits per heavy atom. The van der Waals surface area contributed by atoms with Crippen LogP contribution in [0.5, 0.6) is 0 Å². The standard InChI is InChI=1S/C8H13NO2/c1-2-3-4-9-7-5-8(10)11-6-7/h2-6H2,1H3. The topological polar surface area (TPSA) is 38.7 Å². The number of ether oxygens (including phenoxy) is 1. The summed E-state index contributed by atoms with van der Waals surface area (Å²) in [6.07, 6.45) is 2.65. The molecule has 0 aromatic carbocycles. The molecule has 1 heterocycles. The normalized spacial score (nSPS) is 20.8. The van der Waals surface area contributed by atoms with Crippen LogP contribution in [0.25, 0.3) is 0 Å². The van der Waals surface area contributed by atoms with Gasteiger partial charge in [-0.05, 0) is 6.42 Å². The van der Waals surface area contributed by atoms with E-state index in [2.05, 4.69) is 11.9 Å². The van der Waals surface area contributed by atoms with Gasteiger partial charge in [0, 0.05) is 6.54 Å². The van der Waals surface area contributed by atoms with Crippen LogP contribution in [0.3, 0.4) is 0 Å². The highest BCUT2D eigenvalue weighted by Crippen LogP contribution is 2.02. The van der Waals surface area contributed by atoms with Crippen LogP contribution < -0.4 is 0 Å². The fourth-order valence-corrected chi connectivity index (χ4v) is 0.929. The summed E-state index contributed by atoms with van der Waals surface area (Å²) in [6, 6.07) is 0. The first-order valence-corrected chi connectivity index (χ1v) is 4.00. The first-order valence-electron chi connectivity index (χ1n) is 4.00. The van der Waals surface area contributed by atoms with Gasteiger partial charge in [0.15, 0.2) is 0 Å². The van der Waals surface area contributed by atoms with E-state index in [1.165, 1.54) is 0 Å². The summed E-state index contributed by atoms with van der Waals surface area (Å²) in [5.41, 5.74) is 0.906. The summed E-state index contributed by atoms with van der Waals surface area (Å²) in [4.78, 5) is 14.8. The number of hydrogen-bond acceptors (Lipinski definition) is 3. The number of esters is 1. The van der Waals surface area contributed by atoms with Crippen molar-refractivity contribution < 1.29 is 9.53 Å². The summed E-state index contributed by atoms with van der Waals surface area (Å²) in [7, 11) is 0. The van der Waals surface area contributed by atoms with Crippen molar-refractivity contribution >= 4 is 11.7 Å². The zero-order valence-corrected chi connectivity index (χ0v) is 6.80. The maximum absolute atomic E-state index is 10.6. The van der Waals surface area contributed by atoms with Gasteiger partial charge in [-0.15, -0.1) is 0 Å². The Kier molecular flexibility index (Phi) is 3.08. The molecule has 0 N–H and O–H groups in total. The second kappa shape index (κ2) is 4.11. The molecule has 1 aliphatic rings. The van der Waals surface area contributed by atoms with Crippen LogP contribution >= 0.6 is 0 Å².